The minimum Gasteiger partial charge on any atom is -0.496 e. The van der Waals surface area contributed by atoms with Crippen LogP contribution in [0.25, 0.3) is 6.08 Å². The van der Waals surface area contributed by atoms with Crippen molar-refractivity contribution in [1.29, 1.82) is 0 Å². The van der Waals surface area contributed by atoms with Gasteiger partial charge in [0.1, 0.15) is 11.5 Å². The van der Waals surface area contributed by atoms with Crippen molar-refractivity contribution in [2.75, 3.05) is 7.11 Å². The second kappa shape index (κ2) is 6.33. The van der Waals surface area contributed by atoms with E-state index >= 15 is 0 Å². The van der Waals surface area contributed by atoms with Gasteiger partial charge in [-0.25, -0.2) is 4.79 Å². The molecule has 2 aromatic carbocycles. The molecule has 0 radical (unpaired) electrons. The summed E-state index contributed by atoms with van der Waals surface area (Å²) >= 11 is 0. The van der Waals surface area contributed by atoms with Crippen LogP contribution in [0.4, 0.5) is 5.69 Å². The summed E-state index contributed by atoms with van der Waals surface area (Å²) in [6.07, 6.45) is 1.55. The monoisotopic (exact) mass is 324 g/mol. The zero-order valence-electron chi connectivity index (χ0n) is 12.6. The molecule has 2 aromatic rings. The van der Waals surface area contributed by atoms with Crippen LogP contribution in [-0.2, 0) is 9.63 Å². The van der Waals surface area contributed by atoms with Gasteiger partial charge in [-0.15, -0.1) is 0 Å². The molecule has 0 N–H and O–H groups in total. The molecule has 7 nitrogen and oxygen atoms in total. The summed E-state index contributed by atoms with van der Waals surface area (Å²) in [7, 11) is 1.52. The second-order valence-corrected chi connectivity index (χ2v) is 4.89. The lowest BCUT2D eigenvalue weighted by Crippen LogP contribution is -2.09. The fourth-order valence-corrected chi connectivity index (χ4v) is 2.38. The molecular formula is C17H12N2O5. The van der Waals surface area contributed by atoms with E-state index in [1.54, 1.807) is 42.5 Å². The number of benzene rings is 2. The Morgan fingerprint density at radius 1 is 1.17 bits per heavy atom. The average Bonchev–Trinajstić information content (AvgIpc) is 2.96. The number of carbonyl (C=O) groups is 1. The van der Waals surface area contributed by atoms with Gasteiger partial charge < -0.3 is 9.57 Å². The fraction of sp³-hybridized carbons (Fsp3) is 0.0588. The van der Waals surface area contributed by atoms with Gasteiger partial charge in [0.25, 0.3) is 5.69 Å². The van der Waals surface area contributed by atoms with E-state index in [0.29, 0.717) is 11.3 Å². The highest BCUT2D eigenvalue weighted by Gasteiger charge is 2.31. The first-order valence-corrected chi connectivity index (χ1v) is 7.00. The number of nitro benzene ring substituents is 1. The Morgan fingerprint density at radius 2 is 1.88 bits per heavy atom. The van der Waals surface area contributed by atoms with Gasteiger partial charge in [0.05, 0.1) is 23.2 Å². The molecule has 0 spiro atoms. The van der Waals surface area contributed by atoms with E-state index in [1.165, 1.54) is 19.2 Å². The number of methoxy groups -OCH3 is 1. The van der Waals surface area contributed by atoms with Crippen LogP contribution < -0.4 is 4.74 Å². The summed E-state index contributed by atoms with van der Waals surface area (Å²) in [5.41, 5.74) is 0.960. The molecule has 24 heavy (non-hydrogen) atoms. The number of nitrogens with zero attached hydrogens (tertiary/aromatic N) is 2. The number of para-hydroxylation sites is 2. The lowest BCUT2D eigenvalue weighted by molar-refractivity contribution is -0.385. The molecular weight excluding hydrogens is 312 g/mol. The summed E-state index contributed by atoms with van der Waals surface area (Å²) in [6.45, 7) is 0. The van der Waals surface area contributed by atoms with Crippen molar-refractivity contribution in [3.05, 3.63) is 75.3 Å². The Bertz CT molecular complexity index is 886. The molecule has 0 fully saturated rings. The SMILES string of the molecule is COc1ccccc1C=C1C(=O)ON=C1c1ccccc1[N+](=O)[O-]. The van der Waals surface area contributed by atoms with E-state index in [9.17, 15) is 14.9 Å². The normalized spacial score (nSPS) is 15.1. The lowest BCUT2D eigenvalue weighted by Gasteiger charge is -2.05. The average molecular weight is 324 g/mol. The Balaban J connectivity index is 2.11. The molecule has 1 aliphatic rings. The molecule has 1 heterocycles. The zero-order chi connectivity index (χ0) is 17.1. The maximum Gasteiger partial charge on any atom is 0.368 e. The Kier molecular flexibility index (Phi) is 4.07. The number of nitro groups is 1. The standard InChI is InChI=1S/C17H12N2O5/c1-23-15-9-5-2-6-11(15)10-13-16(18-24-17(13)20)12-7-3-4-8-14(12)19(21)22/h2-10H,1H3. The van der Waals surface area contributed by atoms with Crippen molar-refractivity contribution in [2.24, 2.45) is 5.16 Å². The van der Waals surface area contributed by atoms with Gasteiger partial charge in [-0.2, -0.15) is 0 Å². The van der Waals surface area contributed by atoms with Crippen molar-refractivity contribution in [3.8, 4) is 5.75 Å². The third kappa shape index (κ3) is 2.74. The molecule has 120 valence electrons. The zero-order valence-corrected chi connectivity index (χ0v) is 12.6. The maximum absolute atomic E-state index is 12.0. The van der Waals surface area contributed by atoms with Crippen molar-refractivity contribution in [1.82, 2.24) is 0 Å². The van der Waals surface area contributed by atoms with Crippen LogP contribution in [0.1, 0.15) is 11.1 Å². The molecule has 0 amide bonds. The third-order valence-corrected chi connectivity index (χ3v) is 3.49. The van der Waals surface area contributed by atoms with Crippen LogP contribution in [0.5, 0.6) is 5.75 Å². The van der Waals surface area contributed by atoms with Crippen LogP contribution >= 0.6 is 0 Å². The Labute approximate surface area is 137 Å². The van der Waals surface area contributed by atoms with Gasteiger partial charge in [0, 0.05) is 11.6 Å². The van der Waals surface area contributed by atoms with Gasteiger partial charge >= 0.3 is 5.97 Å². The van der Waals surface area contributed by atoms with Crippen LogP contribution in [-0.4, -0.2) is 23.7 Å². The summed E-state index contributed by atoms with van der Waals surface area (Å²) < 4.78 is 5.25. The van der Waals surface area contributed by atoms with Gasteiger partial charge in [0.15, 0.2) is 0 Å². The highest BCUT2D eigenvalue weighted by molar-refractivity contribution is 6.32. The number of oxime groups is 1. The first-order chi connectivity index (χ1) is 11.6. The predicted molar refractivity (Wildman–Crippen MR) is 86.7 cm³/mol. The first-order valence-electron chi connectivity index (χ1n) is 7.00. The number of rotatable bonds is 4. The fourth-order valence-electron chi connectivity index (χ4n) is 2.38. The molecule has 0 aliphatic carbocycles. The first kappa shape index (κ1) is 15.4. The number of hydrogen-bond donors (Lipinski definition) is 0. The van der Waals surface area contributed by atoms with Gasteiger partial charge in [-0.1, -0.05) is 35.5 Å². The van der Waals surface area contributed by atoms with E-state index < -0.39 is 10.9 Å². The number of hydrogen-bond acceptors (Lipinski definition) is 6. The predicted octanol–water partition coefficient (Wildman–Crippen LogP) is 2.95. The molecule has 0 saturated carbocycles. The molecule has 0 unspecified atom stereocenters. The summed E-state index contributed by atoms with van der Waals surface area (Å²) in [5.74, 6) is -0.110. The lowest BCUT2D eigenvalue weighted by atomic mass is 9.99. The third-order valence-electron chi connectivity index (χ3n) is 3.49. The summed E-state index contributed by atoms with van der Waals surface area (Å²) in [4.78, 5) is 27.4. The van der Waals surface area contributed by atoms with Crippen molar-refractivity contribution < 1.29 is 19.3 Å². The highest BCUT2D eigenvalue weighted by atomic mass is 16.7. The number of carbonyl (C=O) groups excluding carboxylic acids is 1. The van der Waals surface area contributed by atoms with E-state index in [4.69, 9.17) is 9.57 Å². The number of ether oxygens (including phenoxy) is 1. The molecule has 1 aliphatic heterocycles. The Hall–Kier alpha value is -3.48. The van der Waals surface area contributed by atoms with Crippen LogP contribution in [0.2, 0.25) is 0 Å². The van der Waals surface area contributed by atoms with E-state index in [-0.39, 0.29) is 22.5 Å². The van der Waals surface area contributed by atoms with E-state index in [1.807, 2.05) is 0 Å². The second-order valence-electron chi connectivity index (χ2n) is 4.89. The van der Waals surface area contributed by atoms with E-state index in [0.717, 1.165) is 0 Å². The van der Waals surface area contributed by atoms with Crippen LogP contribution in [0.15, 0.2) is 59.3 Å². The van der Waals surface area contributed by atoms with Crippen molar-refractivity contribution in [3.63, 3.8) is 0 Å². The maximum atomic E-state index is 12.0. The smallest absolute Gasteiger partial charge is 0.368 e. The molecule has 0 saturated heterocycles. The van der Waals surface area contributed by atoms with Gasteiger partial charge in [-0.3, -0.25) is 10.1 Å². The van der Waals surface area contributed by atoms with Crippen molar-refractivity contribution in [2.45, 2.75) is 0 Å². The topological polar surface area (TPSA) is 91.0 Å². The summed E-state index contributed by atoms with van der Waals surface area (Å²) in [5, 5.41) is 14.9. The molecule has 7 heteroatoms. The molecule has 3 rings (SSSR count). The van der Waals surface area contributed by atoms with Gasteiger partial charge in [0.2, 0.25) is 0 Å². The summed E-state index contributed by atoms with van der Waals surface area (Å²) in [6, 6.07) is 13.1. The molecule has 0 atom stereocenters. The van der Waals surface area contributed by atoms with Crippen LogP contribution in [0.3, 0.4) is 0 Å². The Morgan fingerprint density at radius 3 is 2.62 bits per heavy atom. The van der Waals surface area contributed by atoms with Crippen molar-refractivity contribution >= 4 is 23.4 Å². The van der Waals surface area contributed by atoms with E-state index in [2.05, 4.69) is 5.16 Å². The minimum atomic E-state index is -0.672. The van der Waals surface area contributed by atoms with Crippen LogP contribution in [0, 0.1) is 10.1 Å². The highest BCUT2D eigenvalue weighted by Crippen LogP contribution is 2.28. The molecule has 0 aromatic heterocycles. The van der Waals surface area contributed by atoms with Gasteiger partial charge in [-0.05, 0) is 18.2 Å². The largest absolute Gasteiger partial charge is 0.496 e. The quantitative estimate of drug-likeness (QED) is 0.373. The minimum absolute atomic E-state index is 0.123. The molecule has 0 bridgehead atoms.